The number of rotatable bonds is 6. The van der Waals surface area contributed by atoms with Crippen LogP contribution in [-0.4, -0.2) is 16.9 Å². The van der Waals surface area contributed by atoms with Crippen molar-refractivity contribution in [3.05, 3.63) is 108 Å². The van der Waals surface area contributed by atoms with E-state index in [2.05, 4.69) is 10.9 Å². The SMILES string of the molecule is O=C(Cc1ccccc1)NNC(=O)CC(O)(c1ccccc1)c1ccccc1. The van der Waals surface area contributed by atoms with Crippen LogP contribution >= 0.6 is 0 Å². The van der Waals surface area contributed by atoms with Crippen LogP contribution in [0.4, 0.5) is 0 Å². The van der Waals surface area contributed by atoms with Crippen molar-refractivity contribution in [3.8, 4) is 0 Å². The van der Waals surface area contributed by atoms with Gasteiger partial charge in [0.2, 0.25) is 11.8 Å². The van der Waals surface area contributed by atoms with Gasteiger partial charge in [0, 0.05) is 0 Å². The maximum atomic E-state index is 12.5. The van der Waals surface area contributed by atoms with Crippen molar-refractivity contribution in [2.75, 3.05) is 0 Å². The smallest absolute Gasteiger partial charge is 0.242 e. The fraction of sp³-hybridized carbons (Fsp3) is 0.130. The molecule has 3 rings (SSSR count). The minimum Gasteiger partial charge on any atom is -0.380 e. The minimum atomic E-state index is -1.50. The number of aliphatic hydroxyl groups is 1. The predicted molar refractivity (Wildman–Crippen MR) is 107 cm³/mol. The van der Waals surface area contributed by atoms with Gasteiger partial charge in [-0.2, -0.15) is 0 Å². The molecule has 3 N–H and O–H groups in total. The Morgan fingerprint density at radius 1 is 0.679 bits per heavy atom. The summed E-state index contributed by atoms with van der Waals surface area (Å²) in [6.45, 7) is 0. The lowest BCUT2D eigenvalue weighted by Crippen LogP contribution is -2.45. The van der Waals surface area contributed by atoms with Crippen molar-refractivity contribution in [3.63, 3.8) is 0 Å². The molecule has 0 spiro atoms. The summed E-state index contributed by atoms with van der Waals surface area (Å²) >= 11 is 0. The van der Waals surface area contributed by atoms with E-state index in [9.17, 15) is 14.7 Å². The number of hydrogen-bond acceptors (Lipinski definition) is 3. The Morgan fingerprint density at radius 2 is 1.11 bits per heavy atom. The van der Waals surface area contributed by atoms with Crippen molar-refractivity contribution < 1.29 is 14.7 Å². The maximum Gasteiger partial charge on any atom is 0.242 e. The Bertz CT molecular complexity index is 873. The molecule has 0 fully saturated rings. The lowest BCUT2D eigenvalue weighted by atomic mass is 9.83. The summed E-state index contributed by atoms with van der Waals surface area (Å²) in [5, 5.41) is 11.4. The second-order valence-electron chi connectivity index (χ2n) is 6.53. The molecular formula is C23H22N2O3. The number of carbonyl (C=O) groups is 2. The summed E-state index contributed by atoms with van der Waals surface area (Å²) in [4.78, 5) is 24.5. The molecule has 0 bridgehead atoms. The van der Waals surface area contributed by atoms with Crippen LogP contribution < -0.4 is 10.9 Å². The molecule has 28 heavy (non-hydrogen) atoms. The molecule has 0 unspecified atom stereocenters. The summed E-state index contributed by atoms with van der Waals surface area (Å²) in [6, 6.07) is 27.3. The standard InChI is InChI=1S/C23H22N2O3/c26-21(16-18-10-4-1-5-11-18)24-25-22(27)17-23(28,19-12-6-2-7-13-19)20-14-8-3-9-15-20/h1-15,28H,16-17H2,(H,24,26)(H,25,27). The first-order valence-electron chi connectivity index (χ1n) is 9.03. The molecule has 142 valence electrons. The van der Waals surface area contributed by atoms with Gasteiger partial charge in [0.1, 0.15) is 5.60 Å². The van der Waals surface area contributed by atoms with Crippen molar-refractivity contribution in [2.45, 2.75) is 18.4 Å². The van der Waals surface area contributed by atoms with Gasteiger partial charge < -0.3 is 5.11 Å². The zero-order chi connectivity index (χ0) is 19.8. The average Bonchev–Trinajstić information content (AvgIpc) is 2.74. The summed E-state index contributed by atoms with van der Waals surface area (Å²) in [5.41, 5.74) is 5.36. The Hall–Kier alpha value is -3.44. The molecule has 0 radical (unpaired) electrons. The zero-order valence-electron chi connectivity index (χ0n) is 15.3. The van der Waals surface area contributed by atoms with Gasteiger partial charge in [-0.1, -0.05) is 91.0 Å². The molecule has 2 amide bonds. The number of hydrazine groups is 1. The van der Waals surface area contributed by atoms with Crippen molar-refractivity contribution in [1.29, 1.82) is 0 Å². The molecule has 5 nitrogen and oxygen atoms in total. The molecule has 0 heterocycles. The molecule has 5 heteroatoms. The van der Waals surface area contributed by atoms with E-state index in [0.29, 0.717) is 11.1 Å². The third kappa shape index (κ3) is 4.84. The zero-order valence-corrected chi connectivity index (χ0v) is 15.3. The first kappa shape index (κ1) is 19.3. The second kappa shape index (κ2) is 8.97. The van der Waals surface area contributed by atoms with Gasteiger partial charge in [-0.05, 0) is 16.7 Å². The lowest BCUT2D eigenvalue weighted by Gasteiger charge is -2.29. The van der Waals surface area contributed by atoms with E-state index in [1.165, 1.54) is 0 Å². The Balaban J connectivity index is 1.68. The van der Waals surface area contributed by atoms with Crippen molar-refractivity contribution in [1.82, 2.24) is 10.9 Å². The van der Waals surface area contributed by atoms with Crippen LogP contribution in [0.3, 0.4) is 0 Å². The monoisotopic (exact) mass is 374 g/mol. The van der Waals surface area contributed by atoms with Gasteiger partial charge >= 0.3 is 0 Å². The molecule has 3 aromatic carbocycles. The Labute approximate surface area is 164 Å². The predicted octanol–water partition coefficient (Wildman–Crippen LogP) is 2.70. The van der Waals surface area contributed by atoms with Crippen LogP contribution in [0.2, 0.25) is 0 Å². The molecule has 0 atom stereocenters. The highest BCUT2D eigenvalue weighted by molar-refractivity contribution is 5.84. The van der Waals surface area contributed by atoms with E-state index in [1.807, 2.05) is 66.7 Å². The van der Waals surface area contributed by atoms with Gasteiger partial charge in [0.05, 0.1) is 12.8 Å². The second-order valence-corrected chi connectivity index (χ2v) is 6.53. The van der Waals surface area contributed by atoms with E-state index < -0.39 is 11.5 Å². The first-order valence-corrected chi connectivity index (χ1v) is 9.03. The number of nitrogens with one attached hydrogen (secondary N) is 2. The molecule has 0 aromatic heterocycles. The maximum absolute atomic E-state index is 12.5. The van der Waals surface area contributed by atoms with E-state index in [1.54, 1.807) is 24.3 Å². The quantitative estimate of drug-likeness (QED) is 0.581. The highest BCUT2D eigenvalue weighted by atomic mass is 16.3. The fourth-order valence-electron chi connectivity index (χ4n) is 3.04. The summed E-state index contributed by atoms with van der Waals surface area (Å²) in [6.07, 6.45) is -0.0740. The molecule has 3 aromatic rings. The molecule has 0 aliphatic carbocycles. The largest absolute Gasteiger partial charge is 0.380 e. The molecule has 0 aliphatic rings. The minimum absolute atomic E-state index is 0.156. The molecule has 0 saturated heterocycles. The van der Waals surface area contributed by atoms with Gasteiger partial charge in [-0.15, -0.1) is 0 Å². The van der Waals surface area contributed by atoms with Crippen LogP contribution in [-0.2, 0) is 21.6 Å². The highest BCUT2D eigenvalue weighted by Gasteiger charge is 2.34. The number of hydrogen-bond donors (Lipinski definition) is 3. The highest BCUT2D eigenvalue weighted by Crippen LogP contribution is 2.32. The average molecular weight is 374 g/mol. The lowest BCUT2D eigenvalue weighted by molar-refractivity contribution is -0.131. The first-order chi connectivity index (χ1) is 13.6. The van der Waals surface area contributed by atoms with Crippen molar-refractivity contribution >= 4 is 11.8 Å². The van der Waals surface area contributed by atoms with Crippen LogP contribution in [0.1, 0.15) is 23.1 Å². The summed E-state index contributed by atoms with van der Waals surface area (Å²) in [5.74, 6) is -0.820. The fourth-order valence-corrected chi connectivity index (χ4v) is 3.04. The third-order valence-corrected chi connectivity index (χ3v) is 4.47. The van der Waals surface area contributed by atoms with Crippen LogP contribution in [0, 0.1) is 0 Å². The molecule has 0 aliphatic heterocycles. The number of amides is 2. The van der Waals surface area contributed by atoms with Gasteiger partial charge in [0.25, 0.3) is 0 Å². The van der Waals surface area contributed by atoms with Gasteiger partial charge in [-0.3, -0.25) is 20.4 Å². The topological polar surface area (TPSA) is 78.4 Å². The van der Waals surface area contributed by atoms with Crippen LogP contribution in [0.25, 0.3) is 0 Å². The van der Waals surface area contributed by atoms with E-state index in [-0.39, 0.29) is 18.7 Å². The number of benzene rings is 3. The number of carbonyl (C=O) groups excluding carboxylic acids is 2. The van der Waals surface area contributed by atoms with E-state index in [4.69, 9.17) is 0 Å². The van der Waals surface area contributed by atoms with E-state index >= 15 is 0 Å². The summed E-state index contributed by atoms with van der Waals surface area (Å²) in [7, 11) is 0. The Morgan fingerprint density at radius 3 is 1.61 bits per heavy atom. The van der Waals surface area contributed by atoms with E-state index in [0.717, 1.165) is 5.56 Å². The third-order valence-electron chi connectivity index (χ3n) is 4.47. The molecule has 0 saturated carbocycles. The van der Waals surface area contributed by atoms with Gasteiger partial charge in [0.15, 0.2) is 0 Å². The summed E-state index contributed by atoms with van der Waals surface area (Å²) < 4.78 is 0. The van der Waals surface area contributed by atoms with Crippen LogP contribution in [0.15, 0.2) is 91.0 Å². The Kier molecular flexibility index (Phi) is 6.19. The van der Waals surface area contributed by atoms with Gasteiger partial charge in [-0.25, -0.2) is 0 Å². The normalized spacial score (nSPS) is 10.9. The van der Waals surface area contributed by atoms with Crippen LogP contribution in [0.5, 0.6) is 0 Å². The molecular weight excluding hydrogens is 352 g/mol. The van der Waals surface area contributed by atoms with Crippen molar-refractivity contribution in [2.24, 2.45) is 0 Å².